The summed E-state index contributed by atoms with van der Waals surface area (Å²) in [5, 5.41) is 7.35. The van der Waals surface area contributed by atoms with Gasteiger partial charge >= 0.3 is 0 Å². The Hall–Kier alpha value is -8.46. The van der Waals surface area contributed by atoms with Crippen LogP contribution in [0, 0.1) is 0 Å². The van der Waals surface area contributed by atoms with Crippen molar-refractivity contribution in [1.82, 2.24) is 4.57 Å². The van der Waals surface area contributed by atoms with Gasteiger partial charge in [-0.1, -0.05) is 200 Å². The Bertz CT molecular complexity index is 3650. The molecule has 0 amide bonds. The van der Waals surface area contributed by atoms with Gasteiger partial charge in [0, 0.05) is 33.5 Å². The van der Waals surface area contributed by atoms with Crippen LogP contribution in [-0.2, 0) is 0 Å². The minimum atomic E-state index is 1.07. The van der Waals surface area contributed by atoms with Gasteiger partial charge in [-0.2, -0.15) is 0 Å². The number of nitrogens with zero attached hydrogens (tertiary/aromatic N) is 2. The van der Waals surface area contributed by atoms with Crippen LogP contribution in [0.5, 0.6) is 0 Å². The summed E-state index contributed by atoms with van der Waals surface area (Å²) in [6.07, 6.45) is 0. The summed E-state index contributed by atoms with van der Waals surface area (Å²) in [7, 11) is 0. The van der Waals surface area contributed by atoms with E-state index >= 15 is 0 Å². The maximum atomic E-state index is 2.45. The van der Waals surface area contributed by atoms with E-state index < -0.39 is 0 Å². The smallest absolute Gasteiger partial charge is 0.0561 e. The molecule has 0 fully saturated rings. The van der Waals surface area contributed by atoms with E-state index in [2.05, 4.69) is 264 Å². The first kappa shape index (κ1) is 37.3. The van der Waals surface area contributed by atoms with Crippen molar-refractivity contribution in [3.05, 3.63) is 255 Å². The van der Waals surface area contributed by atoms with Crippen molar-refractivity contribution in [3.8, 4) is 50.2 Å². The third-order valence-electron chi connectivity index (χ3n) is 12.8. The fraction of sp³-hybridized carbons (Fsp3) is 0. The molecule has 0 unspecified atom stereocenters. The van der Waals surface area contributed by atoms with E-state index in [1.54, 1.807) is 0 Å². The quantitative estimate of drug-likeness (QED) is 0.148. The van der Waals surface area contributed by atoms with E-state index in [9.17, 15) is 0 Å². The van der Waals surface area contributed by atoms with E-state index in [1.165, 1.54) is 82.3 Å². The first-order chi connectivity index (χ1) is 31.8. The number of hydrogen-bond donors (Lipinski definition) is 0. The molecule has 64 heavy (non-hydrogen) atoms. The second-order valence-electron chi connectivity index (χ2n) is 16.5. The third kappa shape index (κ3) is 6.44. The summed E-state index contributed by atoms with van der Waals surface area (Å²) in [4.78, 5) is 2.45. The molecule has 1 heterocycles. The van der Waals surface area contributed by atoms with Gasteiger partial charge in [0.15, 0.2) is 0 Å². The van der Waals surface area contributed by atoms with Crippen LogP contribution in [0.4, 0.5) is 17.1 Å². The van der Waals surface area contributed by atoms with Crippen LogP contribution in [0.2, 0.25) is 0 Å². The summed E-state index contributed by atoms with van der Waals surface area (Å²) in [6, 6.07) is 92.9. The van der Waals surface area contributed by atoms with Crippen molar-refractivity contribution in [2.45, 2.75) is 0 Å². The number of para-hydroxylation sites is 2. The average Bonchev–Trinajstić information content (AvgIpc) is 3.70. The van der Waals surface area contributed by atoms with Gasteiger partial charge in [0.1, 0.15) is 0 Å². The Morgan fingerprint density at radius 3 is 1.36 bits per heavy atom. The zero-order chi connectivity index (χ0) is 42.4. The Morgan fingerprint density at radius 2 is 0.703 bits per heavy atom. The van der Waals surface area contributed by atoms with Gasteiger partial charge in [0.05, 0.1) is 11.0 Å². The first-order valence-electron chi connectivity index (χ1n) is 22.0. The molecule has 2 heteroatoms. The van der Waals surface area contributed by atoms with Gasteiger partial charge in [-0.25, -0.2) is 0 Å². The highest BCUT2D eigenvalue weighted by molar-refractivity contribution is 6.11. The molecule has 11 aromatic carbocycles. The molecule has 0 radical (unpaired) electrons. The Balaban J connectivity index is 1.16. The second kappa shape index (κ2) is 15.8. The zero-order valence-electron chi connectivity index (χ0n) is 35.1. The zero-order valence-corrected chi connectivity index (χ0v) is 35.1. The number of fused-ring (bicyclic) bond motifs is 5. The Kier molecular flexibility index (Phi) is 9.20. The molecule has 0 bridgehead atoms. The van der Waals surface area contributed by atoms with Crippen molar-refractivity contribution in [1.29, 1.82) is 0 Å². The van der Waals surface area contributed by atoms with E-state index in [4.69, 9.17) is 0 Å². The SMILES string of the molecule is c1ccc(-c2ccc(N(c3ccc(-c4cccc5ccccc45)c(-c4cccc5ccccc45)c3)c3ccc4c5ccccc5n(-c5ccccc5)c4c3)cc2-c2ccccc2)cc1. The van der Waals surface area contributed by atoms with Crippen LogP contribution in [0.1, 0.15) is 0 Å². The van der Waals surface area contributed by atoms with Gasteiger partial charge in [-0.15, -0.1) is 0 Å². The standard InChI is InChI=1S/C62H42N2/c1-4-18-43(19-5-1)53-37-34-48(40-59(53)46-20-6-2-7-21-46)63(50-36-39-58-57-30-14-15-33-61(57)64(62(58)42-50)47-26-8-3-9-27-47)49-35-38-56(54-31-16-24-44-22-10-12-28-51(44)54)60(41-49)55-32-17-25-45-23-11-13-29-52(45)55/h1-42H. The predicted octanol–water partition coefficient (Wildman–Crippen LogP) is 17.2. The average molecular weight is 815 g/mol. The van der Waals surface area contributed by atoms with Gasteiger partial charge in [0.25, 0.3) is 0 Å². The second-order valence-corrected chi connectivity index (χ2v) is 16.5. The lowest BCUT2D eigenvalue weighted by molar-refractivity contribution is 1.18. The molecule has 12 aromatic rings. The van der Waals surface area contributed by atoms with Crippen LogP contribution in [0.25, 0.3) is 93.5 Å². The van der Waals surface area contributed by atoms with Gasteiger partial charge in [-0.3, -0.25) is 0 Å². The highest BCUT2D eigenvalue weighted by Gasteiger charge is 2.22. The van der Waals surface area contributed by atoms with Crippen LogP contribution < -0.4 is 4.90 Å². The van der Waals surface area contributed by atoms with E-state index in [0.29, 0.717) is 0 Å². The lowest BCUT2D eigenvalue weighted by Crippen LogP contribution is -2.11. The normalized spacial score (nSPS) is 11.4. The molecule has 0 atom stereocenters. The Morgan fingerprint density at radius 1 is 0.250 bits per heavy atom. The molecule has 1 aromatic heterocycles. The van der Waals surface area contributed by atoms with Crippen LogP contribution in [0.3, 0.4) is 0 Å². The molecular formula is C62H42N2. The molecule has 0 saturated heterocycles. The summed E-state index contributed by atoms with van der Waals surface area (Å²) in [5.74, 6) is 0. The predicted molar refractivity (Wildman–Crippen MR) is 272 cm³/mol. The van der Waals surface area contributed by atoms with Crippen LogP contribution >= 0.6 is 0 Å². The molecular weight excluding hydrogens is 773 g/mol. The van der Waals surface area contributed by atoms with Crippen molar-refractivity contribution in [3.63, 3.8) is 0 Å². The van der Waals surface area contributed by atoms with Gasteiger partial charge in [-0.05, 0) is 121 Å². The number of hydrogen-bond acceptors (Lipinski definition) is 1. The first-order valence-corrected chi connectivity index (χ1v) is 22.0. The monoisotopic (exact) mass is 814 g/mol. The molecule has 0 aliphatic rings. The lowest BCUT2D eigenvalue weighted by atomic mass is 9.88. The fourth-order valence-electron chi connectivity index (χ4n) is 9.85. The number of rotatable bonds is 8. The summed E-state index contributed by atoms with van der Waals surface area (Å²) < 4.78 is 2.41. The van der Waals surface area contributed by atoms with Gasteiger partial charge in [0.2, 0.25) is 0 Å². The van der Waals surface area contributed by atoms with E-state index in [0.717, 1.165) is 28.3 Å². The van der Waals surface area contributed by atoms with Crippen molar-refractivity contribution in [2.75, 3.05) is 4.90 Å². The van der Waals surface area contributed by atoms with Gasteiger partial charge < -0.3 is 9.47 Å². The molecule has 2 nitrogen and oxygen atoms in total. The van der Waals surface area contributed by atoms with Crippen LogP contribution in [-0.4, -0.2) is 4.57 Å². The van der Waals surface area contributed by atoms with Crippen molar-refractivity contribution in [2.24, 2.45) is 0 Å². The number of aromatic nitrogens is 1. The summed E-state index contributed by atoms with van der Waals surface area (Å²) in [6.45, 7) is 0. The van der Waals surface area contributed by atoms with E-state index in [1.807, 2.05) is 0 Å². The number of benzene rings is 11. The maximum Gasteiger partial charge on any atom is 0.0561 e. The lowest BCUT2D eigenvalue weighted by Gasteiger charge is -2.28. The van der Waals surface area contributed by atoms with Crippen molar-refractivity contribution >= 4 is 60.4 Å². The van der Waals surface area contributed by atoms with E-state index in [-0.39, 0.29) is 0 Å². The molecule has 0 N–H and O–H groups in total. The molecule has 0 saturated carbocycles. The molecule has 0 aliphatic heterocycles. The minimum Gasteiger partial charge on any atom is -0.310 e. The highest BCUT2D eigenvalue weighted by atomic mass is 15.1. The summed E-state index contributed by atoms with van der Waals surface area (Å²) in [5.41, 5.74) is 16.2. The third-order valence-corrected chi connectivity index (χ3v) is 12.8. The maximum absolute atomic E-state index is 2.45. The molecule has 12 rings (SSSR count). The minimum absolute atomic E-state index is 1.07. The molecule has 0 spiro atoms. The number of anilines is 3. The topological polar surface area (TPSA) is 8.17 Å². The van der Waals surface area contributed by atoms with Crippen molar-refractivity contribution < 1.29 is 0 Å². The van der Waals surface area contributed by atoms with Crippen LogP contribution in [0.15, 0.2) is 255 Å². The molecule has 300 valence electrons. The fourth-order valence-corrected chi connectivity index (χ4v) is 9.85. The Labute approximate surface area is 373 Å². The highest BCUT2D eigenvalue weighted by Crippen LogP contribution is 2.46. The largest absolute Gasteiger partial charge is 0.310 e. The molecule has 0 aliphatic carbocycles. The summed E-state index contributed by atoms with van der Waals surface area (Å²) >= 11 is 0.